The molecule has 1 amide bonds. The Labute approximate surface area is 196 Å². The highest BCUT2D eigenvalue weighted by Gasteiger charge is 2.23. The molecule has 1 heterocycles. The van der Waals surface area contributed by atoms with E-state index in [-0.39, 0.29) is 30.1 Å². The van der Waals surface area contributed by atoms with Crippen LogP contribution in [0.15, 0.2) is 29.6 Å². The van der Waals surface area contributed by atoms with E-state index in [9.17, 15) is 24.5 Å². The second-order valence-corrected chi connectivity index (χ2v) is 9.55. The zero-order valence-corrected chi connectivity index (χ0v) is 20.1. The summed E-state index contributed by atoms with van der Waals surface area (Å²) in [4.78, 5) is 53.0. The number of amides is 1. The molecule has 178 valence electrons. The number of ketones is 2. The molecule has 0 N–H and O–H groups in total. The molecule has 2 rings (SSSR count). The lowest BCUT2D eigenvalue weighted by Gasteiger charge is -2.27. The Morgan fingerprint density at radius 2 is 1.88 bits per heavy atom. The summed E-state index contributed by atoms with van der Waals surface area (Å²) >= 11 is 1.36. The van der Waals surface area contributed by atoms with Crippen molar-refractivity contribution in [3.05, 3.63) is 56.0 Å². The summed E-state index contributed by atoms with van der Waals surface area (Å²) in [6, 6.07) is 6.18. The number of rotatable bonds is 11. The monoisotopic (exact) mass is 475 g/mol. The molecular formula is C23H29N3O6S. The van der Waals surface area contributed by atoms with E-state index in [2.05, 4.69) is 4.98 Å². The first kappa shape index (κ1) is 26.1. The van der Waals surface area contributed by atoms with E-state index >= 15 is 0 Å². The van der Waals surface area contributed by atoms with Gasteiger partial charge in [0.2, 0.25) is 0 Å². The van der Waals surface area contributed by atoms with Gasteiger partial charge < -0.3 is 9.64 Å². The summed E-state index contributed by atoms with van der Waals surface area (Å²) in [5.74, 6) is -0.252. The molecule has 0 saturated carbocycles. The second-order valence-electron chi connectivity index (χ2n) is 8.60. The minimum Gasteiger partial charge on any atom is -0.444 e. The number of hydrogen-bond acceptors (Lipinski definition) is 8. The van der Waals surface area contributed by atoms with Gasteiger partial charge >= 0.3 is 6.09 Å². The van der Waals surface area contributed by atoms with Crippen molar-refractivity contribution in [3.8, 4) is 0 Å². The van der Waals surface area contributed by atoms with E-state index in [1.54, 1.807) is 44.4 Å². The molecule has 0 spiro atoms. The zero-order valence-electron chi connectivity index (χ0n) is 19.3. The predicted molar refractivity (Wildman–Crippen MR) is 125 cm³/mol. The van der Waals surface area contributed by atoms with Crippen LogP contribution in [-0.4, -0.2) is 51.2 Å². The number of thiazole rings is 1. The molecule has 1 aromatic carbocycles. The summed E-state index contributed by atoms with van der Waals surface area (Å²) in [5.41, 5.74) is 0.0379. The number of Topliss-reactive ketones (excluding diaryl/α,β-unsaturated/α-hetero) is 2. The van der Waals surface area contributed by atoms with Crippen LogP contribution in [0.1, 0.15) is 61.6 Å². The van der Waals surface area contributed by atoms with Crippen molar-refractivity contribution >= 4 is 34.7 Å². The fraction of sp³-hybridized carbons (Fsp3) is 0.478. The van der Waals surface area contributed by atoms with E-state index in [0.29, 0.717) is 37.2 Å². The van der Waals surface area contributed by atoms with Crippen LogP contribution in [0.2, 0.25) is 0 Å². The highest BCUT2D eigenvalue weighted by Crippen LogP contribution is 2.19. The number of ether oxygens (including phenoxy) is 1. The lowest BCUT2D eigenvalue weighted by Crippen LogP contribution is -2.38. The van der Waals surface area contributed by atoms with Gasteiger partial charge in [-0.1, -0.05) is 18.2 Å². The first-order valence-corrected chi connectivity index (χ1v) is 11.5. The topological polar surface area (TPSA) is 120 Å². The maximum absolute atomic E-state index is 12.7. The van der Waals surface area contributed by atoms with Crippen molar-refractivity contribution in [2.75, 3.05) is 13.1 Å². The Morgan fingerprint density at radius 1 is 1.18 bits per heavy atom. The van der Waals surface area contributed by atoms with Crippen LogP contribution in [0.5, 0.6) is 0 Å². The number of aromatic nitrogens is 1. The van der Waals surface area contributed by atoms with Crippen molar-refractivity contribution in [3.63, 3.8) is 0 Å². The van der Waals surface area contributed by atoms with Gasteiger partial charge in [-0.2, -0.15) is 0 Å². The summed E-state index contributed by atoms with van der Waals surface area (Å²) in [7, 11) is 0. The van der Waals surface area contributed by atoms with Crippen LogP contribution in [0.25, 0.3) is 0 Å². The van der Waals surface area contributed by atoms with E-state index in [0.717, 1.165) is 5.01 Å². The molecule has 0 aliphatic carbocycles. The number of carbonyl (C=O) groups is 3. The van der Waals surface area contributed by atoms with Crippen molar-refractivity contribution in [1.29, 1.82) is 0 Å². The normalized spacial score (nSPS) is 11.2. The average molecular weight is 476 g/mol. The molecule has 0 fully saturated rings. The number of nitro groups is 1. The summed E-state index contributed by atoms with van der Waals surface area (Å²) in [5, 5.41) is 13.6. The van der Waals surface area contributed by atoms with E-state index in [1.807, 2.05) is 0 Å². The molecule has 0 aliphatic rings. The molecule has 9 nitrogen and oxygen atoms in total. The molecule has 0 unspecified atom stereocenters. The second kappa shape index (κ2) is 11.6. The molecule has 0 bridgehead atoms. The third kappa shape index (κ3) is 8.72. The Bertz CT molecular complexity index is 1010. The maximum atomic E-state index is 12.7. The molecule has 2 aromatic rings. The third-order valence-electron chi connectivity index (χ3n) is 4.62. The summed E-state index contributed by atoms with van der Waals surface area (Å²) in [6.45, 7) is 7.41. The van der Waals surface area contributed by atoms with Gasteiger partial charge in [0.1, 0.15) is 17.1 Å². The van der Waals surface area contributed by atoms with Crippen LogP contribution >= 0.6 is 11.3 Å². The minimum atomic E-state index is -0.666. The van der Waals surface area contributed by atoms with Crippen LogP contribution in [0.3, 0.4) is 0 Å². The molecule has 0 atom stereocenters. The van der Waals surface area contributed by atoms with E-state index < -0.39 is 16.6 Å². The molecule has 0 saturated heterocycles. The minimum absolute atomic E-state index is 0.0312. The first-order chi connectivity index (χ1) is 15.5. The van der Waals surface area contributed by atoms with Crippen LogP contribution in [0, 0.1) is 10.1 Å². The number of nitro benzene ring substituents is 1. The van der Waals surface area contributed by atoms with E-state index in [1.165, 1.54) is 29.2 Å². The molecule has 0 radical (unpaired) electrons. The van der Waals surface area contributed by atoms with Gasteiger partial charge in [0.15, 0.2) is 5.78 Å². The van der Waals surface area contributed by atoms with Crippen LogP contribution in [0.4, 0.5) is 10.5 Å². The highest BCUT2D eigenvalue weighted by atomic mass is 32.1. The number of hydrogen-bond donors (Lipinski definition) is 0. The highest BCUT2D eigenvalue weighted by molar-refractivity contribution is 7.09. The van der Waals surface area contributed by atoms with Crippen molar-refractivity contribution in [2.24, 2.45) is 0 Å². The number of benzene rings is 1. The van der Waals surface area contributed by atoms with Gasteiger partial charge in [-0.05, 0) is 27.2 Å². The van der Waals surface area contributed by atoms with E-state index in [4.69, 9.17) is 4.74 Å². The first-order valence-electron chi connectivity index (χ1n) is 10.6. The van der Waals surface area contributed by atoms with Crippen LogP contribution in [-0.2, 0) is 22.4 Å². The Kier molecular flexibility index (Phi) is 9.22. The maximum Gasteiger partial charge on any atom is 0.410 e. The van der Waals surface area contributed by atoms with Gasteiger partial charge in [0, 0.05) is 56.3 Å². The van der Waals surface area contributed by atoms with Gasteiger partial charge in [-0.3, -0.25) is 19.7 Å². The Hall–Kier alpha value is -3.14. The van der Waals surface area contributed by atoms with Crippen molar-refractivity contribution in [2.45, 2.75) is 59.0 Å². The molecule has 10 heteroatoms. The molecular weight excluding hydrogens is 446 g/mol. The van der Waals surface area contributed by atoms with Gasteiger partial charge in [-0.25, -0.2) is 9.78 Å². The third-order valence-corrected chi connectivity index (χ3v) is 5.53. The van der Waals surface area contributed by atoms with Gasteiger partial charge in [-0.15, -0.1) is 11.3 Å². The quantitative estimate of drug-likeness (QED) is 0.264. The summed E-state index contributed by atoms with van der Waals surface area (Å²) < 4.78 is 5.48. The Morgan fingerprint density at radius 3 is 2.48 bits per heavy atom. The lowest BCUT2D eigenvalue weighted by molar-refractivity contribution is -0.385. The lowest BCUT2D eigenvalue weighted by atomic mass is 10.0. The summed E-state index contributed by atoms with van der Waals surface area (Å²) in [6.07, 6.45) is 0.515. The van der Waals surface area contributed by atoms with Gasteiger partial charge in [0.05, 0.1) is 9.93 Å². The van der Waals surface area contributed by atoms with Gasteiger partial charge in [0.25, 0.3) is 5.69 Å². The fourth-order valence-corrected chi connectivity index (χ4v) is 3.87. The van der Waals surface area contributed by atoms with Crippen LogP contribution < -0.4 is 0 Å². The smallest absolute Gasteiger partial charge is 0.410 e. The predicted octanol–water partition coefficient (Wildman–Crippen LogP) is 4.63. The van der Waals surface area contributed by atoms with Crippen molar-refractivity contribution < 1.29 is 24.0 Å². The van der Waals surface area contributed by atoms with Crippen molar-refractivity contribution in [1.82, 2.24) is 9.88 Å². The standard InChI is InChI=1S/C23H29N3O6S/c1-16(27)19-15-33-21(24-19)11-13-25(22(29)32-23(2,3)4)12-7-9-18(28)14-17-8-5-6-10-20(17)26(30)31/h5-6,8,10,15H,7,9,11-14H2,1-4H3. The number of nitrogens with zero attached hydrogens (tertiary/aromatic N) is 3. The largest absolute Gasteiger partial charge is 0.444 e. The SMILES string of the molecule is CC(=O)c1csc(CCN(CCCC(=O)Cc2ccccc2[N+](=O)[O-])C(=O)OC(C)(C)C)n1. The molecule has 33 heavy (non-hydrogen) atoms. The fourth-order valence-electron chi connectivity index (χ4n) is 3.05. The number of carbonyl (C=O) groups excluding carboxylic acids is 3. The molecule has 0 aliphatic heterocycles. The molecule has 1 aromatic heterocycles. The Balaban J connectivity index is 1.96. The number of para-hydroxylation sites is 1. The average Bonchev–Trinajstić information content (AvgIpc) is 3.18. The zero-order chi connectivity index (χ0) is 24.6.